The first-order valence-corrected chi connectivity index (χ1v) is 6.31. The molecule has 0 bridgehead atoms. The van der Waals surface area contributed by atoms with Crippen molar-refractivity contribution in [3.05, 3.63) is 41.6 Å². The number of anilines is 1. The molecule has 0 fully saturated rings. The molecule has 7 heteroatoms. The number of alkyl halides is 3. The number of halogens is 3. The first-order chi connectivity index (χ1) is 9.99. The fraction of sp³-hybridized carbons (Fsp3) is 0.214. The van der Waals surface area contributed by atoms with Crippen molar-refractivity contribution in [2.24, 2.45) is 0 Å². The number of nitrogens with zero attached hydrogens (tertiary/aromatic N) is 1. The van der Waals surface area contributed by atoms with Crippen LogP contribution in [0.1, 0.15) is 11.3 Å². The molecule has 2 heterocycles. The molecule has 4 nitrogen and oxygen atoms in total. The van der Waals surface area contributed by atoms with Gasteiger partial charge < -0.3 is 15.4 Å². The summed E-state index contributed by atoms with van der Waals surface area (Å²) in [6.45, 7) is 0.434. The van der Waals surface area contributed by atoms with Gasteiger partial charge in [0, 0.05) is 17.7 Å². The second-order valence-electron chi connectivity index (χ2n) is 4.65. The quantitative estimate of drug-likeness (QED) is 0.798. The van der Waals surface area contributed by atoms with Crippen LogP contribution in [0.2, 0.25) is 0 Å². The van der Waals surface area contributed by atoms with Gasteiger partial charge in [-0.3, -0.25) is 0 Å². The van der Waals surface area contributed by atoms with Gasteiger partial charge >= 0.3 is 6.18 Å². The maximum absolute atomic E-state index is 12.5. The SMILES string of the molecule is OCC1=CCNc2nc(-c3ccc(C(F)(F)F)cc3)[nH]c21. The van der Waals surface area contributed by atoms with E-state index in [2.05, 4.69) is 15.3 Å². The van der Waals surface area contributed by atoms with Crippen molar-refractivity contribution in [2.45, 2.75) is 6.18 Å². The number of hydrogen-bond acceptors (Lipinski definition) is 3. The molecule has 0 spiro atoms. The fourth-order valence-corrected chi connectivity index (χ4v) is 2.20. The third-order valence-corrected chi connectivity index (χ3v) is 3.30. The summed E-state index contributed by atoms with van der Waals surface area (Å²) in [7, 11) is 0. The number of benzene rings is 1. The van der Waals surface area contributed by atoms with E-state index in [4.69, 9.17) is 0 Å². The number of aliphatic hydroxyl groups is 1. The van der Waals surface area contributed by atoms with E-state index in [1.165, 1.54) is 12.1 Å². The highest BCUT2D eigenvalue weighted by Crippen LogP contribution is 2.32. The summed E-state index contributed by atoms with van der Waals surface area (Å²) in [5, 5.41) is 12.3. The summed E-state index contributed by atoms with van der Waals surface area (Å²) in [5.74, 6) is 1.05. The number of hydrogen-bond donors (Lipinski definition) is 3. The number of aromatic nitrogens is 2. The first-order valence-electron chi connectivity index (χ1n) is 6.31. The molecule has 0 saturated carbocycles. The molecule has 3 rings (SSSR count). The van der Waals surface area contributed by atoms with Crippen LogP contribution in [0, 0.1) is 0 Å². The van der Waals surface area contributed by atoms with E-state index in [1.807, 2.05) is 6.08 Å². The standard InChI is InChI=1S/C14H12F3N3O/c15-14(16,17)10-3-1-8(2-4-10)12-19-11-9(7-21)5-6-18-13(11)20-12/h1-5,18,21H,6-7H2,(H,19,20). The van der Waals surface area contributed by atoms with E-state index >= 15 is 0 Å². The van der Waals surface area contributed by atoms with Gasteiger partial charge in [0.15, 0.2) is 5.82 Å². The normalized spacial score (nSPS) is 14.4. The largest absolute Gasteiger partial charge is 0.416 e. The summed E-state index contributed by atoms with van der Waals surface area (Å²) < 4.78 is 37.6. The zero-order chi connectivity index (χ0) is 15.0. The molecule has 1 aromatic carbocycles. The Labute approximate surface area is 118 Å². The van der Waals surface area contributed by atoms with Crippen LogP contribution in [0.3, 0.4) is 0 Å². The minimum atomic E-state index is -4.35. The van der Waals surface area contributed by atoms with Gasteiger partial charge in [0.05, 0.1) is 17.9 Å². The lowest BCUT2D eigenvalue weighted by Crippen LogP contribution is -2.09. The van der Waals surface area contributed by atoms with Crippen LogP contribution in [-0.4, -0.2) is 28.2 Å². The van der Waals surface area contributed by atoms with Gasteiger partial charge in [0.25, 0.3) is 0 Å². The van der Waals surface area contributed by atoms with Crippen molar-refractivity contribution in [3.8, 4) is 11.4 Å². The number of aromatic amines is 1. The van der Waals surface area contributed by atoms with Gasteiger partial charge in [-0.05, 0) is 12.1 Å². The summed E-state index contributed by atoms with van der Waals surface area (Å²) in [5.41, 5.74) is 1.24. The zero-order valence-corrected chi connectivity index (χ0v) is 10.8. The van der Waals surface area contributed by atoms with Gasteiger partial charge in [-0.2, -0.15) is 13.2 Å². The van der Waals surface area contributed by atoms with Gasteiger partial charge in [-0.1, -0.05) is 18.2 Å². The second kappa shape index (κ2) is 4.92. The molecule has 110 valence electrons. The summed E-state index contributed by atoms with van der Waals surface area (Å²) >= 11 is 0. The van der Waals surface area contributed by atoms with E-state index in [0.29, 0.717) is 29.4 Å². The number of imidazole rings is 1. The van der Waals surface area contributed by atoms with E-state index in [0.717, 1.165) is 17.7 Å². The summed E-state index contributed by atoms with van der Waals surface area (Å²) in [4.78, 5) is 7.34. The highest BCUT2D eigenvalue weighted by atomic mass is 19.4. The molecule has 0 radical (unpaired) electrons. The van der Waals surface area contributed by atoms with Crippen molar-refractivity contribution in [3.63, 3.8) is 0 Å². The molecular weight excluding hydrogens is 283 g/mol. The van der Waals surface area contributed by atoms with Crippen LogP contribution in [0.15, 0.2) is 30.3 Å². The van der Waals surface area contributed by atoms with Crippen LogP contribution in [0.25, 0.3) is 17.0 Å². The average molecular weight is 295 g/mol. The topological polar surface area (TPSA) is 60.9 Å². The molecule has 0 atom stereocenters. The Kier molecular flexibility index (Phi) is 3.21. The van der Waals surface area contributed by atoms with Gasteiger partial charge in [-0.25, -0.2) is 4.98 Å². The molecule has 0 unspecified atom stereocenters. The predicted octanol–water partition coefficient (Wildman–Crippen LogP) is 2.90. The Balaban J connectivity index is 1.95. The zero-order valence-electron chi connectivity index (χ0n) is 10.8. The molecular formula is C14H12F3N3O. The molecule has 3 N–H and O–H groups in total. The minimum absolute atomic E-state index is 0.122. The third kappa shape index (κ3) is 2.52. The molecule has 0 aliphatic carbocycles. The third-order valence-electron chi connectivity index (χ3n) is 3.30. The number of fused-ring (bicyclic) bond motifs is 1. The fourth-order valence-electron chi connectivity index (χ4n) is 2.20. The molecule has 1 aromatic heterocycles. The number of rotatable bonds is 2. The van der Waals surface area contributed by atoms with Crippen LogP contribution < -0.4 is 5.32 Å². The molecule has 21 heavy (non-hydrogen) atoms. The number of H-pyrrole nitrogens is 1. The van der Waals surface area contributed by atoms with Crippen molar-refractivity contribution >= 4 is 11.4 Å². The van der Waals surface area contributed by atoms with Crippen molar-refractivity contribution in [1.82, 2.24) is 9.97 Å². The predicted molar refractivity (Wildman–Crippen MR) is 72.6 cm³/mol. The molecule has 2 aromatic rings. The number of nitrogens with one attached hydrogen (secondary N) is 2. The highest BCUT2D eigenvalue weighted by molar-refractivity contribution is 5.78. The van der Waals surface area contributed by atoms with Gasteiger partial charge in [0.1, 0.15) is 5.82 Å². The summed E-state index contributed by atoms with van der Waals surface area (Å²) in [6.07, 6.45) is -2.52. The Morgan fingerprint density at radius 1 is 1.19 bits per heavy atom. The minimum Gasteiger partial charge on any atom is -0.392 e. The van der Waals surface area contributed by atoms with Crippen LogP contribution in [0.5, 0.6) is 0 Å². The van der Waals surface area contributed by atoms with Crippen molar-refractivity contribution in [1.29, 1.82) is 0 Å². The van der Waals surface area contributed by atoms with Crippen molar-refractivity contribution < 1.29 is 18.3 Å². The molecule has 1 aliphatic heterocycles. The maximum atomic E-state index is 12.5. The lowest BCUT2D eigenvalue weighted by atomic mass is 10.1. The Hall–Kier alpha value is -2.28. The highest BCUT2D eigenvalue weighted by Gasteiger charge is 2.30. The molecule has 1 aliphatic rings. The molecule has 0 saturated heterocycles. The molecule has 0 amide bonds. The Morgan fingerprint density at radius 2 is 1.90 bits per heavy atom. The van der Waals surface area contributed by atoms with Crippen molar-refractivity contribution in [2.75, 3.05) is 18.5 Å². The smallest absolute Gasteiger partial charge is 0.392 e. The Bertz CT molecular complexity index is 686. The monoisotopic (exact) mass is 295 g/mol. The van der Waals surface area contributed by atoms with E-state index in [9.17, 15) is 18.3 Å². The number of aliphatic hydroxyl groups excluding tert-OH is 1. The Morgan fingerprint density at radius 3 is 2.52 bits per heavy atom. The van der Waals surface area contributed by atoms with E-state index in [-0.39, 0.29) is 6.61 Å². The van der Waals surface area contributed by atoms with Crippen LogP contribution >= 0.6 is 0 Å². The van der Waals surface area contributed by atoms with Gasteiger partial charge in [-0.15, -0.1) is 0 Å². The average Bonchev–Trinajstić information content (AvgIpc) is 2.90. The first kappa shape index (κ1) is 13.7. The summed E-state index contributed by atoms with van der Waals surface area (Å²) in [6, 6.07) is 4.78. The van der Waals surface area contributed by atoms with E-state index in [1.54, 1.807) is 0 Å². The lowest BCUT2D eigenvalue weighted by Gasteiger charge is -2.11. The van der Waals surface area contributed by atoms with Crippen LogP contribution in [-0.2, 0) is 6.18 Å². The lowest BCUT2D eigenvalue weighted by molar-refractivity contribution is -0.137. The van der Waals surface area contributed by atoms with E-state index < -0.39 is 11.7 Å². The van der Waals surface area contributed by atoms with Gasteiger partial charge in [0.2, 0.25) is 0 Å². The van der Waals surface area contributed by atoms with Crippen LogP contribution in [0.4, 0.5) is 19.0 Å². The second-order valence-corrected chi connectivity index (χ2v) is 4.65. The maximum Gasteiger partial charge on any atom is 0.416 e.